The van der Waals surface area contributed by atoms with Crippen LogP contribution < -0.4 is 14.8 Å². The van der Waals surface area contributed by atoms with Crippen molar-refractivity contribution in [2.24, 2.45) is 5.92 Å². The predicted octanol–water partition coefficient (Wildman–Crippen LogP) is 7.52. The van der Waals surface area contributed by atoms with Gasteiger partial charge in [0, 0.05) is 22.2 Å². The maximum atomic E-state index is 11.8. The monoisotopic (exact) mass is 553 g/mol. The molecule has 3 aromatic rings. The molecule has 0 fully saturated rings. The summed E-state index contributed by atoms with van der Waals surface area (Å²) < 4.78 is 12.6. The van der Waals surface area contributed by atoms with Crippen molar-refractivity contribution in [3.8, 4) is 11.5 Å². The average molecular weight is 555 g/mol. The Bertz CT molecular complexity index is 1340. The van der Waals surface area contributed by atoms with Crippen LogP contribution in [-0.2, 0) is 6.61 Å². The third-order valence-electron chi connectivity index (χ3n) is 6.97. The van der Waals surface area contributed by atoms with Crippen LogP contribution in [0.4, 0.5) is 5.69 Å². The molecule has 1 heterocycles. The Hall–Kier alpha value is -2.96. The van der Waals surface area contributed by atoms with Crippen LogP contribution in [0.1, 0.15) is 51.0 Å². The van der Waals surface area contributed by atoms with E-state index in [2.05, 4.69) is 39.5 Å². The second-order valence-electron chi connectivity index (χ2n) is 8.90. The summed E-state index contributed by atoms with van der Waals surface area (Å²) in [6.07, 6.45) is 5.39. The molecule has 0 aromatic heterocycles. The number of carbonyl (C=O) groups is 1. The van der Waals surface area contributed by atoms with Gasteiger partial charge in [0.25, 0.3) is 0 Å². The molecule has 3 aromatic carbocycles. The molecule has 0 spiro atoms. The van der Waals surface area contributed by atoms with E-state index in [4.69, 9.17) is 21.1 Å². The highest BCUT2D eigenvalue weighted by Gasteiger charge is 2.39. The molecule has 0 bridgehead atoms. The van der Waals surface area contributed by atoms with Crippen molar-refractivity contribution in [1.29, 1.82) is 0 Å². The number of methoxy groups -OCH3 is 1. The van der Waals surface area contributed by atoms with Crippen molar-refractivity contribution in [2.75, 3.05) is 12.4 Å². The van der Waals surface area contributed by atoms with E-state index in [-0.39, 0.29) is 12.0 Å². The highest BCUT2D eigenvalue weighted by atomic mass is 79.9. The van der Waals surface area contributed by atoms with Crippen LogP contribution in [0, 0.1) is 12.8 Å². The number of aromatic carboxylic acids is 1. The van der Waals surface area contributed by atoms with Gasteiger partial charge in [-0.3, -0.25) is 0 Å². The summed E-state index contributed by atoms with van der Waals surface area (Å²) in [4.78, 5) is 11.8. The largest absolute Gasteiger partial charge is 0.493 e. The van der Waals surface area contributed by atoms with Crippen molar-refractivity contribution in [3.05, 3.63) is 98.0 Å². The fraction of sp³-hybridized carbons (Fsp3) is 0.250. The lowest BCUT2D eigenvalue weighted by atomic mass is 9.76. The topological polar surface area (TPSA) is 67.8 Å². The lowest BCUT2D eigenvalue weighted by molar-refractivity contribution is 0.0696. The van der Waals surface area contributed by atoms with Gasteiger partial charge in [0.2, 0.25) is 0 Å². The van der Waals surface area contributed by atoms with Crippen molar-refractivity contribution in [1.82, 2.24) is 0 Å². The summed E-state index contributed by atoms with van der Waals surface area (Å²) >= 11 is 9.98. The molecule has 1 aliphatic carbocycles. The Balaban J connectivity index is 1.50. The summed E-state index contributed by atoms with van der Waals surface area (Å²) in [6, 6.07) is 15.3. The van der Waals surface area contributed by atoms with Crippen LogP contribution >= 0.6 is 27.5 Å². The molecule has 180 valence electrons. The second kappa shape index (κ2) is 9.59. The van der Waals surface area contributed by atoms with Crippen molar-refractivity contribution in [2.45, 2.75) is 31.9 Å². The third-order valence-corrected chi connectivity index (χ3v) is 7.93. The molecule has 3 atom stereocenters. The van der Waals surface area contributed by atoms with Crippen molar-refractivity contribution < 1.29 is 19.4 Å². The Morgan fingerprint density at radius 1 is 1.23 bits per heavy atom. The molecular weight excluding hydrogens is 530 g/mol. The molecule has 0 radical (unpaired) electrons. The molecule has 0 amide bonds. The lowest BCUT2D eigenvalue weighted by Crippen LogP contribution is -2.30. The summed E-state index contributed by atoms with van der Waals surface area (Å²) in [5.41, 5.74) is 5.05. The van der Waals surface area contributed by atoms with E-state index in [0.29, 0.717) is 34.6 Å². The van der Waals surface area contributed by atoms with E-state index in [1.165, 1.54) is 0 Å². The Kier molecular flexibility index (Phi) is 6.51. The second-order valence-corrected chi connectivity index (χ2v) is 10.2. The van der Waals surface area contributed by atoms with Gasteiger partial charge in [-0.05, 0) is 76.1 Å². The van der Waals surface area contributed by atoms with Crippen molar-refractivity contribution in [3.63, 3.8) is 0 Å². The quantitative estimate of drug-likeness (QED) is 0.308. The van der Waals surface area contributed by atoms with Crippen molar-refractivity contribution >= 4 is 39.2 Å². The first-order valence-electron chi connectivity index (χ1n) is 11.4. The van der Waals surface area contributed by atoms with Gasteiger partial charge in [-0.15, -0.1) is 0 Å². The minimum Gasteiger partial charge on any atom is -0.493 e. The maximum Gasteiger partial charge on any atom is 0.336 e. The highest BCUT2D eigenvalue weighted by molar-refractivity contribution is 9.10. The van der Waals surface area contributed by atoms with Crippen LogP contribution in [0.5, 0.6) is 11.5 Å². The number of benzene rings is 3. The highest BCUT2D eigenvalue weighted by Crippen LogP contribution is 2.52. The first-order valence-corrected chi connectivity index (χ1v) is 12.6. The van der Waals surface area contributed by atoms with E-state index in [1.807, 2.05) is 43.3 Å². The number of carboxylic acid groups (broad SMARTS) is 1. The smallest absolute Gasteiger partial charge is 0.336 e. The number of hydrogen-bond acceptors (Lipinski definition) is 4. The average Bonchev–Trinajstić information content (AvgIpc) is 3.33. The minimum atomic E-state index is -0.919. The number of allylic oxidation sites excluding steroid dienone is 2. The molecule has 7 heteroatoms. The predicted molar refractivity (Wildman–Crippen MR) is 141 cm³/mol. The van der Waals surface area contributed by atoms with Gasteiger partial charge in [-0.1, -0.05) is 48.0 Å². The number of carboxylic acids is 1. The number of nitrogens with one attached hydrogen (secondary N) is 1. The number of ether oxygens (including phenoxy) is 2. The Morgan fingerprint density at radius 3 is 2.77 bits per heavy atom. The summed E-state index contributed by atoms with van der Waals surface area (Å²) in [5.74, 6) is 0.838. The molecule has 5 nitrogen and oxygen atoms in total. The van der Waals surface area contributed by atoms with E-state index in [1.54, 1.807) is 13.2 Å². The maximum absolute atomic E-state index is 11.8. The Morgan fingerprint density at radius 2 is 2.03 bits per heavy atom. The normalized spacial score (nSPS) is 20.1. The SMILES string of the molecule is COc1cc([C@@H]2Nc3c(ccc(C(=O)O)c3C)[C@H]3C=CC[C@H]32)cc(Br)c1OCc1ccccc1Cl. The van der Waals surface area contributed by atoms with Gasteiger partial charge < -0.3 is 19.9 Å². The molecule has 2 N–H and O–H groups in total. The van der Waals surface area contributed by atoms with E-state index in [9.17, 15) is 9.90 Å². The van der Waals surface area contributed by atoms with Gasteiger partial charge in [0.05, 0.1) is 23.2 Å². The molecular formula is C28H25BrClNO4. The minimum absolute atomic E-state index is 0.0203. The van der Waals surface area contributed by atoms with E-state index in [0.717, 1.165) is 38.8 Å². The number of fused-ring (bicyclic) bond motifs is 3. The van der Waals surface area contributed by atoms with E-state index >= 15 is 0 Å². The van der Waals surface area contributed by atoms with Crippen LogP contribution in [0.3, 0.4) is 0 Å². The number of rotatable bonds is 6. The molecule has 0 saturated carbocycles. The van der Waals surface area contributed by atoms with Crippen LogP contribution in [0.2, 0.25) is 5.02 Å². The number of hydrogen-bond donors (Lipinski definition) is 2. The lowest BCUT2D eigenvalue weighted by Gasteiger charge is -2.39. The molecule has 0 unspecified atom stereocenters. The number of halogens is 2. The first kappa shape index (κ1) is 23.8. The Labute approximate surface area is 217 Å². The summed E-state index contributed by atoms with van der Waals surface area (Å²) in [7, 11) is 1.63. The zero-order valence-electron chi connectivity index (χ0n) is 19.3. The van der Waals surface area contributed by atoms with E-state index < -0.39 is 5.97 Å². The fourth-order valence-electron chi connectivity index (χ4n) is 5.20. The zero-order valence-corrected chi connectivity index (χ0v) is 21.7. The first-order chi connectivity index (χ1) is 16.9. The fourth-order valence-corrected chi connectivity index (χ4v) is 5.97. The molecule has 5 rings (SSSR count). The van der Waals surface area contributed by atoms with Crippen LogP contribution in [0.25, 0.3) is 0 Å². The van der Waals surface area contributed by atoms with Gasteiger partial charge in [-0.2, -0.15) is 0 Å². The van der Waals surface area contributed by atoms with Crippen LogP contribution in [0.15, 0.2) is 65.2 Å². The summed E-state index contributed by atoms with van der Waals surface area (Å²) in [6.45, 7) is 2.18. The van der Waals surface area contributed by atoms with Gasteiger partial charge in [0.15, 0.2) is 11.5 Å². The molecule has 2 aliphatic rings. The third kappa shape index (κ3) is 4.30. The van der Waals surface area contributed by atoms with Gasteiger partial charge in [-0.25, -0.2) is 4.79 Å². The zero-order chi connectivity index (χ0) is 24.7. The van der Waals surface area contributed by atoms with Gasteiger partial charge >= 0.3 is 5.97 Å². The molecule has 35 heavy (non-hydrogen) atoms. The van der Waals surface area contributed by atoms with Gasteiger partial charge in [0.1, 0.15) is 6.61 Å². The summed E-state index contributed by atoms with van der Waals surface area (Å²) in [5, 5.41) is 14.0. The van der Waals surface area contributed by atoms with Crippen LogP contribution in [-0.4, -0.2) is 18.2 Å². The molecule has 1 aliphatic heterocycles. The molecule has 0 saturated heterocycles. The standard InChI is InChI=1S/C28H25BrClNO4/c1-15-18(28(32)33)10-11-21-19-7-5-8-20(19)26(31-25(15)21)17-12-22(29)27(24(13-17)34-2)35-14-16-6-3-4-9-23(16)30/h3-7,9-13,19-20,26,31H,8,14H2,1-2H3,(H,32,33)/t19-,20+,26-/m0/s1. The number of anilines is 1.